The first-order chi connectivity index (χ1) is 17.3. The molecule has 2 amide bonds. The van der Waals surface area contributed by atoms with Crippen LogP contribution in [0.2, 0.25) is 0 Å². The monoisotopic (exact) mass is 493 g/mol. The Balaban J connectivity index is 1.32. The van der Waals surface area contributed by atoms with Crippen molar-refractivity contribution in [1.82, 2.24) is 20.1 Å². The highest BCUT2D eigenvalue weighted by atomic mass is 16.3. The summed E-state index contributed by atoms with van der Waals surface area (Å²) in [7, 11) is 3.83. The van der Waals surface area contributed by atoms with Crippen LogP contribution in [0.3, 0.4) is 0 Å². The number of anilines is 1. The minimum absolute atomic E-state index is 0.132. The number of aliphatic hydroxyl groups is 1. The molecule has 194 valence electrons. The van der Waals surface area contributed by atoms with Gasteiger partial charge >= 0.3 is 0 Å². The number of likely N-dealkylation sites (tertiary alicyclic amines) is 1. The molecule has 1 atom stereocenters. The SMILES string of the molecule is CC(=O)N1CCC(Cc2cc(C(=O)NC[C@H](O)CN3CCc4ccccc4C3)cc(N(C)C)n2)CC1. The van der Waals surface area contributed by atoms with Gasteiger partial charge in [0.1, 0.15) is 5.82 Å². The second kappa shape index (κ2) is 11.8. The molecule has 0 saturated carbocycles. The first-order valence-electron chi connectivity index (χ1n) is 13.0. The summed E-state index contributed by atoms with van der Waals surface area (Å²) in [6, 6.07) is 12.1. The van der Waals surface area contributed by atoms with E-state index in [-0.39, 0.29) is 18.4 Å². The fourth-order valence-electron chi connectivity index (χ4n) is 5.17. The molecule has 0 bridgehead atoms. The third-order valence-corrected chi connectivity index (χ3v) is 7.32. The number of aliphatic hydroxyl groups excluding tert-OH is 1. The lowest BCUT2D eigenvalue weighted by molar-refractivity contribution is -0.130. The van der Waals surface area contributed by atoms with Gasteiger partial charge in [-0.2, -0.15) is 0 Å². The Kier molecular flexibility index (Phi) is 8.59. The van der Waals surface area contributed by atoms with Crippen molar-refractivity contribution in [3.63, 3.8) is 0 Å². The molecule has 0 aliphatic carbocycles. The minimum Gasteiger partial charge on any atom is -0.390 e. The zero-order valence-electron chi connectivity index (χ0n) is 21.7. The lowest BCUT2D eigenvalue weighted by Gasteiger charge is -2.31. The van der Waals surface area contributed by atoms with Crippen molar-refractivity contribution in [2.75, 3.05) is 51.7 Å². The smallest absolute Gasteiger partial charge is 0.251 e. The van der Waals surface area contributed by atoms with E-state index >= 15 is 0 Å². The number of carbonyl (C=O) groups is 2. The fraction of sp³-hybridized carbons (Fsp3) is 0.536. The molecular formula is C28H39N5O3. The molecule has 0 spiro atoms. The maximum absolute atomic E-state index is 13.0. The van der Waals surface area contributed by atoms with Crippen molar-refractivity contribution in [2.24, 2.45) is 5.92 Å². The second-order valence-corrected chi connectivity index (χ2v) is 10.4. The van der Waals surface area contributed by atoms with E-state index < -0.39 is 6.10 Å². The van der Waals surface area contributed by atoms with Crippen LogP contribution in [0.5, 0.6) is 0 Å². The van der Waals surface area contributed by atoms with E-state index in [9.17, 15) is 14.7 Å². The van der Waals surface area contributed by atoms with Crippen LogP contribution < -0.4 is 10.2 Å². The van der Waals surface area contributed by atoms with E-state index in [1.54, 1.807) is 13.0 Å². The van der Waals surface area contributed by atoms with Gasteiger partial charge in [-0.3, -0.25) is 14.5 Å². The van der Waals surface area contributed by atoms with Crippen LogP contribution in [0.15, 0.2) is 36.4 Å². The summed E-state index contributed by atoms with van der Waals surface area (Å²) in [5.41, 5.74) is 4.14. The van der Waals surface area contributed by atoms with Crippen LogP contribution in [-0.2, 0) is 24.2 Å². The number of nitrogens with one attached hydrogen (secondary N) is 1. The Hall–Kier alpha value is -2.97. The van der Waals surface area contributed by atoms with E-state index in [1.807, 2.05) is 30.0 Å². The van der Waals surface area contributed by atoms with Gasteiger partial charge in [0.2, 0.25) is 5.91 Å². The van der Waals surface area contributed by atoms with Gasteiger partial charge in [-0.15, -0.1) is 0 Å². The van der Waals surface area contributed by atoms with Gasteiger partial charge in [0.25, 0.3) is 5.91 Å². The molecule has 1 saturated heterocycles. The normalized spacial score (nSPS) is 17.4. The molecular weight excluding hydrogens is 454 g/mol. The molecule has 0 unspecified atom stereocenters. The number of pyridine rings is 1. The summed E-state index contributed by atoms with van der Waals surface area (Å²) >= 11 is 0. The number of hydrogen-bond donors (Lipinski definition) is 2. The van der Waals surface area contributed by atoms with Gasteiger partial charge in [0, 0.05) is 71.5 Å². The number of piperidine rings is 1. The molecule has 0 radical (unpaired) electrons. The van der Waals surface area contributed by atoms with Crippen molar-refractivity contribution in [3.05, 3.63) is 58.8 Å². The number of rotatable bonds is 8. The van der Waals surface area contributed by atoms with E-state index in [0.29, 0.717) is 18.0 Å². The highest BCUT2D eigenvalue weighted by Crippen LogP contribution is 2.23. The fourth-order valence-corrected chi connectivity index (χ4v) is 5.17. The van der Waals surface area contributed by atoms with Gasteiger partial charge in [-0.05, 0) is 54.9 Å². The Morgan fingerprint density at radius 1 is 1.14 bits per heavy atom. The third kappa shape index (κ3) is 6.83. The molecule has 1 fully saturated rings. The average molecular weight is 494 g/mol. The summed E-state index contributed by atoms with van der Waals surface area (Å²) < 4.78 is 0. The van der Waals surface area contributed by atoms with Crippen LogP contribution in [-0.4, -0.2) is 84.6 Å². The molecule has 2 N–H and O–H groups in total. The largest absolute Gasteiger partial charge is 0.390 e. The summed E-state index contributed by atoms with van der Waals surface area (Å²) in [4.78, 5) is 35.4. The Morgan fingerprint density at radius 2 is 1.86 bits per heavy atom. The molecule has 2 aliphatic rings. The van der Waals surface area contributed by atoms with E-state index in [4.69, 9.17) is 4.98 Å². The van der Waals surface area contributed by atoms with Gasteiger partial charge < -0.3 is 20.2 Å². The summed E-state index contributed by atoms with van der Waals surface area (Å²) in [6.07, 6.45) is 3.02. The zero-order valence-corrected chi connectivity index (χ0v) is 21.7. The van der Waals surface area contributed by atoms with E-state index in [2.05, 4.69) is 34.5 Å². The maximum Gasteiger partial charge on any atom is 0.251 e. The Morgan fingerprint density at radius 3 is 2.56 bits per heavy atom. The maximum atomic E-state index is 13.0. The van der Waals surface area contributed by atoms with Crippen molar-refractivity contribution in [1.29, 1.82) is 0 Å². The number of β-amino-alcohol motifs (C(OH)–C–C–N with tert-alkyl or cyclic N) is 1. The molecule has 3 heterocycles. The van der Waals surface area contributed by atoms with Crippen LogP contribution in [0, 0.1) is 5.92 Å². The van der Waals surface area contributed by atoms with Crippen molar-refractivity contribution < 1.29 is 14.7 Å². The standard InChI is InChI=1S/C28H39N5O3/c1-20(34)33-12-8-21(9-13-33)14-25-15-24(16-27(30-25)31(2)3)28(36)29-17-26(35)19-32-11-10-22-6-4-5-7-23(22)18-32/h4-7,15-16,21,26,35H,8-14,17-19H2,1-3H3,(H,29,36)/t26-/m0/s1. The molecule has 8 nitrogen and oxygen atoms in total. The number of nitrogens with zero attached hydrogens (tertiary/aromatic N) is 4. The first kappa shape index (κ1) is 26.1. The summed E-state index contributed by atoms with van der Waals surface area (Å²) in [5.74, 6) is 1.12. The minimum atomic E-state index is -0.639. The van der Waals surface area contributed by atoms with Gasteiger partial charge in [-0.25, -0.2) is 4.98 Å². The van der Waals surface area contributed by atoms with Crippen molar-refractivity contribution in [2.45, 2.75) is 45.3 Å². The lowest BCUT2D eigenvalue weighted by atomic mass is 9.91. The predicted octanol–water partition coefficient (Wildman–Crippen LogP) is 2.10. The van der Waals surface area contributed by atoms with Crippen molar-refractivity contribution >= 4 is 17.6 Å². The lowest BCUT2D eigenvalue weighted by Crippen LogP contribution is -2.42. The van der Waals surface area contributed by atoms with Gasteiger partial charge in [0.15, 0.2) is 0 Å². The second-order valence-electron chi connectivity index (χ2n) is 10.4. The average Bonchev–Trinajstić information content (AvgIpc) is 2.87. The number of carbonyl (C=O) groups excluding carboxylic acids is 2. The number of hydrogen-bond acceptors (Lipinski definition) is 6. The quantitative estimate of drug-likeness (QED) is 0.586. The molecule has 4 rings (SSSR count). The molecule has 36 heavy (non-hydrogen) atoms. The molecule has 1 aromatic carbocycles. The zero-order chi connectivity index (χ0) is 25.7. The Labute approximate surface area is 214 Å². The predicted molar refractivity (Wildman–Crippen MR) is 141 cm³/mol. The number of fused-ring (bicyclic) bond motifs is 1. The highest BCUT2D eigenvalue weighted by molar-refractivity contribution is 5.95. The number of amides is 2. The van der Waals surface area contributed by atoms with Crippen LogP contribution in [0.25, 0.3) is 0 Å². The van der Waals surface area contributed by atoms with Gasteiger partial charge in [0.05, 0.1) is 6.10 Å². The summed E-state index contributed by atoms with van der Waals surface area (Å²) in [6.45, 7) is 5.64. The van der Waals surface area contributed by atoms with Crippen LogP contribution in [0.1, 0.15) is 46.9 Å². The Bertz CT molecular complexity index is 1060. The highest BCUT2D eigenvalue weighted by Gasteiger charge is 2.23. The summed E-state index contributed by atoms with van der Waals surface area (Å²) in [5, 5.41) is 13.5. The molecule has 2 aliphatic heterocycles. The van der Waals surface area contributed by atoms with Crippen LogP contribution >= 0.6 is 0 Å². The topological polar surface area (TPSA) is 89.0 Å². The van der Waals surface area contributed by atoms with E-state index in [0.717, 1.165) is 63.4 Å². The van der Waals surface area contributed by atoms with Crippen molar-refractivity contribution in [3.8, 4) is 0 Å². The number of benzene rings is 1. The van der Waals surface area contributed by atoms with Crippen LogP contribution in [0.4, 0.5) is 5.82 Å². The molecule has 1 aromatic heterocycles. The van der Waals surface area contributed by atoms with Gasteiger partial charge in [-0.1, -0.05) is 24.3 Å². The molecule has 2 aromatic rings. The molecule has 8 heteroatoms. The first-order valence-corrected chi connectivity index (χ1v) is 13.0. The number of aromatic nitrogens is 1. The van der Waals surface area contributed by atoms with E-state index in [1.165, 1.54) is 11.1 Å². The third-order valence-electron chi connectivity index (χ3n) is 7.32.